The lowest BCUT2D eigenvalue weighted by Gasteiger charge is -2.19. The molecule has 0 aliphatic carbocycles. The number of nitrogens with two attached hydrogens (primary N) is 1. The zero-order valence-electron chi connectivity index (χ0n) is 14.0. The number of alkyl carbamates (subject to hydrolysis) is 1. The summed E-state index contributed by atoms with van der Waals surface area (Å²) in [5, 5.41) is 2.66. The van der Waals surface area contributed by atoms with Crippen molar-refractivity contribution in [3.63, 3.8) is 0 Å². The minimum atomic E-state index is -0.511. The van der Waals surface area contributed by atoms with Gasteiger partial charge in [0.05, 0.1) is 18.4 Å². The summed E-state index contributed by atoms with van der Waals surface area (Å²) >= 11 is 0. The van der Waals surface area contributed by atoms with Crippen molar-refractivity contribution in [2.24, 2.45) is 0 Å². The average Bonchev–Trinajstić information content (AvgIpc) is 2.46. The van der Waals surface area contributed by atoms with Gasteiger partial charge in [0.1, 0.15) is 5.60 Å². The molecule has 0 heterocycles. The average molecular weight is 320 g/mol. The topological polar surface area (TPSA) is 90.6 Å². The summed E-state index contributed by atoms with van der Waals surface area (Å²) < 4.78 is 9.81. The first-order valence-electron chi connectivity index (χ1n) is 7.35. The molecule has 0 saturated heterocycles. The zero-order valence-corrected chi connectivity index (χ0v) is 14.0. The zero-order chi connectivity index (χ0) is 17.5. The first kappa shape index (κ1) is 18.5. The first-order chi connectivity index (χ1) is 10.7. The van der Waals surface area contributed by atoms with E-state index in [0.29, 0.717) is 24.2 Å². The molecule has 1 aromatic carbocycles. The second-order valence-electron chi connectivity index (χ2n) is 5.92. The standard InChI is InChI=1S/C17H24N2O4/c1-17(2,3)23-16(21)19-11-6-5-8-12-9-7-10-13(14(12)18)15(20)22-4/h5,7-10H,6,11,18H2,1-4H3,(H,19,21). The van der Waals surface area contributed by atoms with Crippen molar-refractivity contribution in [1.29, 1.82) is 0 Å². The van der Waals surface area contributed by atoms with Crippen LogP contribution in [0.5, 0.6) is 0 Å². The lowest BCUT2D eigenvalue weighted by atomic mass is 10.1. The Labute approximate surface area is 136 Å². The molecule has 6 nitrogen and oxygen atoms in total. The summed E-state index contributed by atoms with van der Waals surface area (Å²) in [4.78, 5) is 23.0. The minimum absolute atomic E-state index is 0.335. The van der Waals surface area contributed by atoms with E-state index < -0.39 is 17.7 Å². The number of anilines is 1. The number of carbonyl (C=O) groups is 2. The Bertz CT molecular complexity index is 589. The molecule has 3 N–H and O–H groups in total. The summed E-state index contributed by atoms with van der Waals surface area (Å²) in [6, 6.07) is 5.16. The Balaban J connectivity index is 2.53. The van der Waals surface area contributed by atoms with Gasteiger partial charge in [-0.2, -0.15) is 0 Å². The molecular weight excluding hydrogens is 296 g/mol. The predicted octanol–water partition coefficient (Wildman–Crippen LogP) is 2.98. The van der Waals surface area contributed by atoms with Gasteiger partial charge in [0.15, 0.2) is 0 Å². The Morgan fingerprint density at radius 1 is 1.30 bits per heavy atom. The van der Waals surface area contributed by atoms with Crippen LogP contribution in [0, 0.1) is 0 Å². The summed E-state index contributed by atoms with van der Waals surface area (Å²) in [5.74, 6) is -0.468. The van der Waals surface area contributed by atoms with E-state index in [0.717, 1.165) is 5.56 Å². The van der Waals surface area contributed by atoms with Gasteiger partial charge in [0.25, 0.3) is 0 Å². The van der Waals surface area contributed by atoms with E-state index in [1.165, 1.54) is 7.11 Å². The fourth-order valence-electron chi connectivity index (χ4n) is 1.80. The highest BCUT2D eigenvalue weighted by Gasteiger charge is 2.15. The van der Waals surface area contributed by atoms with Crippen LogP contribution in [-0.4, -0.2) is 31.3 Å². The van der Waals surface area contributed by atoms with Crippen molar-refractivity contribution in [2.45, 2.75) is 32.8 Å². The smallest absolute Gasteiger partial charge is 0.407 e. The van der Waals surface area contributed by atoms with Gasteiger partial charge >= 0.3 is 12.1 Å². The largest absolute Gasteiger partial charge is 0.465 e. The third-order valence-electron chi connectivity index (χ3n) is 2.82. The van der Waals surface area contributed by atoms with Crippen molar-refractivity contribution in [3.8, 4) is 0 Å². The van der Waals surface area contributed by atoms with Crippen LogP contribution >= 0.6 is 0 Å². The molecular formula is C17H24N2O4. The Kier molecular flexibility index (Phi) is 6.63. The van der Waals surface area contributed by atoms with Gasteiger partial charge in [-0.05, 0) is 38.8 Å². The number of para-hydroxylation sites is 1. The summed E-state index contributed by atoms with van der Waals surface area (Å²) in [5.41, 5.74) is 6.87. The number of rotatable bonds is 5. The Morgan fingerprint density at radius 3 is 2.61 bits per heavy atom. The molecule has 1 rings (SSSR count). The molecule has 1 aromatic rings. The molecule has 0 aliphatic rings. The highest BCUT2D eigenvalue weighted by molar-refractivity contribution is 5.97. The maximum atomic E-state index is 11.6. The second-order valence-corrected chi connectivity index (χ2v) is 5.92. The van der Waals surface area contributed by atoms with Gasteiger partial charge in [0.2, 0.25) is 0 Å². The maximum Gasteiger partial charge on any atom is 0.407 e. The van der Waals surface area contributed by atoms with Crippen molar-refractivity contribution in [2.75, 3.05) is 19.4 Å². The number of ether oxygens (including phenoxy) is 2. The minimum Gasteiger partial charge on any atom is -0.465 e. The summed E-state index contributed by atoms with van der Waals surface area (Å²) in [7, 11) is 1.31. The van der Waals surface area contributed by atoms with E-state index in [1.807, 2.05) is 26.8 Å². The van der Waals surface area contributed by atoms with E-state index >= 15 is 0 Å². The van der Waals surface area contributed by atoms with Crippen molar-refractivity contribution < 1.29 is 19.1 Å². The third-order valence-corrected chi connectivity index (χ3v) is 2.82. The number of benzene rings is 1. The molecule has 0 aromatic heterocycles. The van der Waals surface area contributed by atoms with Gasteiger partial charge < -0.3 is 20.5 Å². The van der Waals surface area contributed by atoms with Crippen LogP contribution in [0.15, 0.2) is 24.3 Å². The van der Waals surface area contributed by atoms with E-state index in [2.05, 4.69) is 10.1 Å². The molecule has 0 atom stereocenters. The normalized spacial score (nSPS) is 11.3. The van der Waals surface area contributed by atoms with E-state index in [9.17, 15) is 9.59 Å². The molecule has 0 saturated carbocycles. The van der Waals surface area contributed by atoms with Crippen LogP contribution in [0.1, 0.15) is 43.1 Å². The lowest BCUT2D eigenvalue weighted by molar-refractivity contribution is 0.0527. The van der Waals surface area contributed by atoms with Crippen LogP contribution in [0.3, 0.4) is 0 Å². The number of nitrogen functional groups attached to an aromatic ring is 1. The highest BCUT2D eigenvalue weighted by atomic mass is 16.6. The van der Waals surface area contributed by atoms with Gasteiger partial charge in [-0.15, -0.1) is 0 Å². The van der Waals surface area contributed by atoms with Gasteiger partial charge in [-0.3, -0.25) is 0 Å². The fraction of sp³-hybridized carbons (Fsp3) is 0.412. The number of carbonyl (C=O) groups excluding carboxylic acids is 2. The first-order valence-corrected chi connectivity index (χ1v) is 7.35. The number of methoxy groups -OCH3 is 1. The molecule has 0 unspecified atom stereocenters. The lowest BCUT2D eigenvalue weighted by Crippen LogP contribution is -2.32. The third kappa shape index (κ3) is 6.42. The van der Waals surface area contributed by atoms with Crippen molar-refractivity contribution >= 4 is 23.8 Å². The number of hydrogen-bond acceptors (Lipinski definition) is 5. The number of amides is 1. The molecule has 0 radical (unpaired) electrons. The van der Waals surface area contributed by atoms with Crippen molar-refractivity contribution in [3.05, 3.63) is 35.4 Å². The molecule has 126 valence electrons. The Hall–Kier alpha value is -2.50. The number of nitrogens with one attached hydrogen (secondary N) is 1. The Morgan fingerprint density at radius 2 is 2.00 bits per heavy atom. The van der Waals surface area contributed by atoms with Crippen molar-refractivity contribution in [1.82, 2.24) is 5.32 Å². The van der Waals surface area contributed by atoms with Crippen LogP contribution < -0.4 is 11.1 Å². The fourth-order valence-corrected chi connectivity index (χ4v) is 1.80. The molecule has 0 spiro atoms. The summed E-state index contributed by atoms with van der Waals surface area (Å²) in [6.07, 6.45) is 3.84. The van der Waals surface area contributed by atoms with E-state index in [1.54, 1.807) is 24.3 Å². The molecule has 6 heteroatoms. The molecule has 23 heavy (non-hydrogen) atoms. The van der Waals surface area contributed by atoms with Crippen LogP contribution in [0.2, 0.25) is 0 Å². The number of esters is 1. The summed E-state index contributed by atoms with van der Waals surface area (Å²) in [6.45, 7) is 5.87. The number of hydrogen-bond donors (Lipinski definition) is 2. The quantitative estimate of drug-likeness (QED) is 0.494. The van der Waals surface area contributed by atoms with Crippen LogP contribution in [0.25, 0.3) is 6.08 Å². The van der Waals surface area contributed by atoms with E-state index in [4.69, 9.17) is 10.5 Å². The van der Waals surface area contributed by atoms with Crippen LogP contribution in [-0.2, 0) is 9.47 Å². The van der Waals surface area contributed by atoms with Gasteiger partial charge in [-0.1, -0.05) is 24.3 Å². The van der Waals surface area contributed by atoms with Gasteiger partial charge in [-0.25, -0.2) is 9.59 Å². The maximum absolute atomic E-state index is 11.6. The predicted molar refractivity (Wildman–Crippen MR) is 90.1 cm³/mol. The second kappa shape index (κ2) is 8.22. The molecule has 0 fully saturated rings. The SMILES string of the molecule is COC(=O)c1cccc(C=CCCNC(=O)OC(C)(C)C)c1N. The molecule has 0 bridgehead atoms. The molecule has 1 amide bonds. The highest BCUT2D eigenvalue weighted by Crippen LogP contribution is 2.19. The monoisotopic (exact) mass is 320 g/mol. The van der Waals surface area contributed by atoms with Gasteiger partial charge in [0, 0.05) is 6.54 Å². The molecule has 0 aliphatic heterocycles. The van der Waals surface area contributed by atoms with Crippen LogP contribution in [0.4, 0.5) is 10.5 Å². The van der Waals surface area contributed by atoms with E-state index in [-0.39, 0.29) is 0 Å².